The van der Waals surface area contributed by atoms with Gasteiger partial charge in [0.25, 0.3) is 0 Å². The van der Waals surface area contributed by atoms with Crippen molar-refractivity contribution in [1.82, 2.24) is 19.7 Å². The summed E-state index contributed by atoms with van der Waals surface area (Å²) in [6.45, 7) is 1.61. The number of H-pyrrole nitrogens is 1. The van der Waals surface area contributed by atoms with Gasteiger partial charge in [-0.1, -0.05) is 0 Å². The van der Waals surface area contributed by atoms with E-state index in [1.807, 2.05) is 41.1 Å². The number of aromatic nitrogens is 3. The molecule has 0 radical (unpaired) electrons. The van der Waals surface area contributed by atoms with Crippen molar-refractivity contribution in [3.63, 3.8) is 0 Å². The smallest absolute Gasteiger partial charge is 0.217 e. The topological polar surface area (TPSA) is 64.5 Å². The van der Waals surface area contributed by atoms with Crippen LogP contribution in [0.5, 0.6) is 17.2 Å². The molecule has 0 unspecified atom stereocenters. The Morgan fingerprint density at radius 1 is 1.03 bits per heavy atom. The Labute approximate surface area is 181 Å². The first kappa shape index (κ1) is 20.4. The number of likely N-dealkylation sites (tertiary alicyclic amines) is 1. The van der Waals surface area contributed by atoms with Crippen LogP contribution in [0.3, 0.4) is 0 Å². The highest BCUT2D eigenvalue weighted by Crippen LogP contribution is 2.39. The van der Waals surface area contributed by atoms with Gasteiger partial charge in [-0.3, -0.25) is 10.00 Å². The molecule has 2 aromatic carbocycles. The number of rotatable bonds is 7. The summed E-state index contributed by atoms with van der Waals surface area (Å²) in [7, 11) is 5.04. The molecule has 2 heterocycles. The van der Waals surface area contributed by atoms with Gasteiger partial charge in [-0.2, -0.15) is 4.98 Å². The van der Waals surface area contributed by atoms with E-state index in [2.05, 4.69) is 21.0 Å². The molecule has 7 nitrogen and oxygen atoms in total. The van der Waals surface area contributed by atoms with Crippen LogP contribution in [0.2, 0.25) is 0 Å². The lowest BCUT2D eigenvalue weighted by Crippen LogP contribution is -2.27. The number of methoxy groups -OCH3 is 3. The Morgan fingerprint density at radius 3 is 2.47 bits per heavy atom. The minimum Gasteiger partial charge on any atom is -0.497 e. The third-order valence-corrected chi connectivity index (χ3v) is 5.84. The van der Waals surface area contributed by atoms with Crippen LogP contribution in [-0.4, -0.2) is 47.5 Å². The highest BCUT2D eigenvalue weighted by Gasteiger charge is 2.29. The third kappa shape index (κ3) is 4.06. The van der Waals surface area contributed by atoms with Crippen LogP contribution in [0.15, 0.2) is 42.5 Å². The zero-order valence-electron chi connectivity index (χ0n) is 17.4. The van der Waals surface area contributed by atoms with E-state index in [0.717, 1.165) is 53.6 Å². The van der Waals surface area contributed by atoms with Gasteiger partial charge < -0.3 is 14.2 Å². The molecule has 158 valence electrons. The van der Waals surface area contributed by atoms with Crippen molar-refractivity contribution in [2.24, 2.45) is 0 Å². The number of hydrogen-bond donors (Lipinski definition) is 1. The van der Waals surface area contributed by atoms with Crippen LogP contribution in [0.4, 0.5) is 0 Å². The van der Waals surface area contributed by atoms with Crippen LogP contribution in [0, 0.1) is 4.77 Å². The van der Waals surface area contributed by atoms with Crippen molar-refractivity contribution in [2.45, 2.75) is 25.6 Å². The van der Waals surface area contributed by atoms with Crippen molar-refractivity contribution in [1.29, 1.82) is 0 Å². The first-order valence-corrected chi connectivity index (χ1v) is 10.3. The van der Waals surface area contributed by atoms with Gasteiger partial charge in [-0.25, -0.2) is 4.68 Å². The van der Waals surface area contributed by atoms with E-state index in [1.54, 1.807) is 21.3 Å². The SMILES string of the molecule is COc1ccc(-c2nc(=S)n(CN3CCC[C@H]3c3cc(OC)ccc3OC)[nH]2)cc1. The Hall–Kier alpha value is -2.84. The van der Waals surface area contributed by atoms with Gasteiger partial charge in [0.2, 0.25) is 4.77 Å². The number of nitrogens with one attached hydrogen (secondary N) is 1. The number of hydrogen-bond acceptors (Lipinski definition) is 6. The normalized spacial score (nSPS) is 16.6. The maximum atomic E-state index is 5.62. The molecule has 0 aliphatic carbocycles. The number of ether oxygens (including phenoxy) is 3. The average molecular weight is 427 g/mol. The third-order valence-electron chi connectivity index (χ3n) is 5.53. The van der Waals surface area contributed by atoms with E-state index in [4.69, 9.17) is 26.4 Å². The fourth-order valence-electron chi connectivity index (χ4n) is 3.96. The highest BCUT2D eigenvalue weighted by atomic mass is 32.1. The molecule has 1 atom stereocenters. The van der Waals surface area contributed by atoms with Crippen molar-refractivity contribution < 1.29 is 14.2 Å². The lowest BCUT2D eigenvalue weighted by Gasteiger charge is -2.26. The molecule has 0 amide bonds. The minimum absolute atomic E-state index is 0.227. The maximum Gasteiger partial charge on any atom is 0.217 e. The molecular formula is C22H26N4O3S. The Kier molecular flexibility index (Phi) is 6.06. The monoisotopic (exact) mass is 426 g/mol. The summed E-state index contributed by atoms with van der Waals surface area (Å²) in [5.74, 6) is 3.26. The molecule has 0 saturated carbocycles. The predicted octanol–water partition coefficient (Wildman–Crippen LogP) is 4.43. The van der Waals surface area contributed by atoms with Crippen LogP contribution >= 0.6 is 12.2 Å². The summed E-state index contributed by atoms with van der Waals surface area (Å²) >= 11 is 5.52. The van der Waals surface area contributed by atoms with Crippen LogP contribution < -0.4 is 14.2 Å². The van der Waals surface area contributed by atoms with E-state index in [1.165, 1.54) is 0 Å². The van der Waals surface area contributed by atoms with E-state index >= 15 is 0 Å². The van der Waals surface area contributed by atoms with Crippen LogP contribution in [0.1, 0.15) is 24.4 Å². The van der Waals surface area contributed by atoms with Crippen molar-refractivity contribution in [2.75, 3.05) is 27.9 Å². The van der Waals surface area contributed by atoms with Gasteiger partial charge in [0.1, 0.15) is 17.2 Å². The van der Waals surface area contributed by atoms with Gasteiger partial charge in [0, 0.05) is 23.7 Å². The molecule has 0 bridgehead atoms. The molecule has 1 aromatic heterocycles. The summed E-state index contributed by atoms with van der Waals surface area (Å²) in [5.41, 5.74) is 2.10. The molecule has 4 rings (SSSR count). The molecule has 8 heteroatoms. The molecule has 1 fully saturated rings. The fraction of sp³-hybridized carbons (Fsp3) is 0.364. The summed E-state index contributed by atoms with van der Waals surface area (Å²) in [5, 5.41) is 3.35. The molecule has 3 aromatic rings. The largest absolute Gasteiger partial charge is 0.497 e. The molecule has 30 heavy (non-hydrogen) atoms. The van der Waals surface area contributed by atoms with Crippen molar-refractivity contribution in [3.8, 4) is 28.6 Å². The van der Waals surface area contributed by atoms with Crippen molar-refractivity contribution >= 4 is 12.2 Å². The van der Waals surface area contributed by atoms with E-state index in [9.17, 15) is 0 Å². The van der Waals surface area contributed by atoms with Gasteiger partial charge in [0.05, 0.1) is 28.0 Å². The second-order valence-corrected chi connectivity index (χ2v) is 7.60. The van der Waals surface area contributed by atoms with E-state index < -0.39 is 0 Å². The van der Waals surface area contributed by atoms with E-state index in [-0.39, 0.29) is 6.04 Å². The predicted molar refractivity (Wildman–Crippen MR) is 118 cm³/mol. The summed E-state index contributed by atoms with van der Waals surface area (Å²) < 4.78 is 18.7. The maximum absolute atomic E-state index is 5.62. The number of aromatic amines is 1. The molecule has 0 spiro atoms. The van der Waals surface area contributed by atoms with Gasteiger partial charge in [0.15, 0.2) is 5.82 Å². The highest BCUT2D eigenvalue weighted by molar-refractivity contribution is 7.71. The van der Waals surface area contributed by atoms with Gasteiger partial charge >= 0.3 is 0 Å². The Morgan fingerprint density at radius 2 is 1.77 bits per heavy atom. The lowest BCUT2D eigenvalue weighted by atomic mass is 10.0. The summed E-state index contributed by atoms with van der Waals surface area (Å²) in [4.78, 5) is 6.94. The van der Waals surface area contributed by atoms with Crippen molar-refractivity contribution in [3.05, 3.63) is 52.8 Å². The quantitative estimate of drug-likeness (QED) is 0.564. The molecule has 1 aliphatic rings. The van der Waals surface area contributed by atoms with E-state index in [0.29, 0.717) is 11.4 Å². The zero-order valence-corrected chi connectivity index (χ0v) is 18.2. The second kappa shape index (κ2) is 8.89. The van der Waals surface area contributed by atoms with Crippen LogP contribution in [-0.2, 0) is 6.67 Å². The summed E-state index contributed by atoms with van der Waals surface area (Å²) in [6.07, 6.45) is 2.16. The molecule has 1 aliphatic heterocycles. The number of benzene rings is 2. The Balaban J connectivity index is 1.58. The standard InChI is InChI=1S/C22H26N4O3S/c1-27-16-8-6-15(7-9-16)21-23-22(30)26(24-21)14-25-12-4-5-19(25)18-13-17(28-2)10-11-20(18)29-3/h6-11,13,19H,4-5,12,14H2,1-3H3,(H,23,24,30)/t19-/m0/s1. The first-order chi connectivity index (χ1) is 14.6. The fourth-order valence-corrected chi connectivity index (χ4v) is 4.15. The minimum atomic E-state index is 0.227. The molecular weight excluding hydrogens is 400 g/mol. The number of nitrogens with zero attached hydrogens (tertiary/aromatic N) is 3. The summed E-state index contributed by atoms with van der Waals surface area (Å²) in [6, 6.07) is 13.9. The molecule has 1 saturated heterocycles. The Bertz CT molecular complexity index is 1060. The average Bonchev–Trinajstić information content (AvgIpc) is 3.40. The molecule has 1 N–H and O–H groups in total. The van der Waals surface area contributed by atoms with Crippen LogP contribution in [0.25, 0.3) is 11.4 Å². The van der Waals surface area contributed by atoms with Gasteiger partial charge in [-0.15, -0.1) is 0 Å². The second-order valence-electron chi connectivity index (χ2n) is 7.23. The first-order valence-electron chi connectivity index (χ1n) is 9.90. The van der Waals surface area contributed by atoms with Gasteiger partial charge in [-0.05, 0) is 67.5 Å². The zero-order chi connectivity index (χ0) is 21.1. The lowest BCUT2D eigenvalue weighted by molar-refractivity contribution is 0.187.